The molecular weight excluding hydrogens is 320 g/mol. The Kier molecular flexibility index (Phi) is 8.65. The molecule has 1 rings (SSSR count). The highest BCUT2D eigenvalue weighted by atomic mass is 16.5. The van der Waals surface area contributed by atoms with E-state index in [0.29, 0.717) is 30.6 Å². The van der Waals surface area contributed by atoms with Gasteiger partial charge in [-0.05, 0) is 52.4 Å². The van der Waals surface area contributed by atoms with E-state index < -0.39 is 6.10 Å². The zero-order valence-corrected chi connectivity index (χ0v) is 16.4. The predicted octanol–water partition coefficient (Wildman–Crippen LogP) is 1.64. The molecule has 0 aromatic heterocycles. The molecule has 144 valence electrons. The second-order valence-electron chi connectivity index (χ2n) is 7.38. The molecule has 0 fully saturated rings. The lowest BCUT2D eigenvalue weighted by Crippen LogP contribution is -2.42. The van der Waals surface area contributed by atoms with Gasteiger partial charge >= 0.3 is 0 Å². The Labute approximate surface area is 151 Å². The first-order chi connectivity index (χ1) is 11.7. The van der Waals surface area contributed by atoms with E-state index in [-0.39, 0.29) is 18.8 Å². The van der Waals surface area contributed by atoms with Gasteiger partial charge < -0.3 is 29.9 Å². The van der Waals surface area contributed by atoms with Crippen LogP contribution < -0.4 is 14.8 Å². The quantitative estimate of drug-likeness (QED) is 0.561. The number of ether oxygens (including phenoxy) is 2. The molecule has 1 aromatic rings. The summed E-state index contributed by atoms with van der Waals surface area (Å²) >= 11 is 0. The van der Waals surface area contributed by atoms with Gasteiger partial charge in [-0.2, -0.15) is 0 Å². The molecule has 0 saturated heterocycles. The van der Waals surface area contributed by atoms with Crippen LogP contribution in [0.2, 0.25) is 0 Å². The smallest absolute Gasteiger partial charge is 0.161 e. The molecule has 1 atom stereocenters. The molecular formula is C19H34N2O4. The van der Waals surface area contributed by atoms with Crippen LogP contribution in [0.25, 0.3) is 0 Å². The first-order valence-corrected chi connectivity index (χ1v) is 8.72. The van der Waals surface area contributed by atoms with Crippen molar-refractivity contribution in [2.24, 2.45) is 0 Å². The molecule has 6 heteroatoms. The first kappa shape index (κ1) is 21.7. The van der Waals surface area contributed by atoms with Crippen LogP contribution in [0.1, 0.15) is 33.3 Å². The second kappa shape index (κ2) is 9.97. The Morgan fingerprint density at radius 2 is 1.92 bits per heavy atom. The van der Waals surface area contributed by atoms with Crippen molar-refractivity contribution in [3.05, 3.63) is 23.8 Å². The molecule has 0 bridgehead atoms. The van der Waals surface area contributed by atoms with Crippen LogP contribution in [0.3, 0.4) is 0 Å². The summed E-state index contributed by atoms with van der Waals surface area (Å²) in [6, 6.07) is 6.08. The Hall–Kier alpha value is -1.34. The topological polar surface area (TPSA) is 74.2 Å². The van der Waals surface area contributed by atoms with Crippen molar-refractivity contribution in [2.45, 2.75) is 51.9 Å². The summed E-state index contributed by atoms with van der Waals surface area (Å²) in [6.45, 7) is 9.50. The van der Waals surface area contributed by atoms with Gasteiger partial charge in [0.2, 0.25) is 0 Å². The summed E-state index contributed by atoms with van der Waals surface area (Å²) < 4.78 is 11.1. The fourth-order valence-corrected chi connectivity index (χ4v) is 2.12. The van der Waals surface area contributed by atoms with Gasteiger partial charge in [0, 0.05) is 24.7 Å². The number of benzene rings is 1. The third-order valence-electron chi connectivity index (χ3n) is 4.21. The molecule has 6 nitrogen and oxygen atoms in total. The first-order valence-electron chi connectivity index (χ1n) is 8.72. The van der Waals surface area contributed by atoms with Crippen molar-refractivity contribution >= 4 is 0 Å². The molecule has 3 N–H and O–H groups in total. The molecule has 0 aliphatic heterocycles. The summed E-state index contributed by atoms with van der Waals surface area (Å²) in [4.78, 5) is 2.07. The van der Waals surface area contributed by atoms with Gasteiger partial charge in [-0.1, -0.05) is 6.07 Å². The van der Waals surface area contributed by atoms with Crippen LogP contribution in [0.4, 0.5) is 0 Å². The van der Waals surface area contributed by atoms with Crippen molar-refractivity contribution in [1.82, 2.24) is 10.2 Å². The summed E-state index contributed by atoms with van der Waals surface area (Å²) in [5.74, 6) is 1.24. The Morgan fingerprint density at radius 3 is 2.48 bits per heavy atom. The number of aliphatic hydroxyl groups is 2. The summed E-state index contributed by atoms with van der Waals surface area (Å²) in [6.07, 6.45) is -0.566. The molecule has 0 aliphatic carbocycles. The molecule has 25 heavy (non-hydrogen) atoms. The van der Waals surface area contributed by atoms with Gasteiger partial charge in [0.25, 0.3) is 0 Å². The normalized spacial score (nSPS) is 13.4. The van der Waals surface area contributed by atoms with E-state index in [1.165, 1.54) is 0 Å². The molecule has 0 radical (unpaired) electrons. The van der Waals surface area contributed by atoms with E-state index in [4.69, 9.17) is 9.47 Å². The molecule has 0 heterocycles. The largest absolute Gasteiger partial charge is 0.493 e. The van der Waals surface area contributed by atoms with Crippen LogP contribution in [-0.4, -0.2) is 66.7 Å². The highest BCUT2D eigenvalue weighted by molar-refractivity contribution is 5.43. The number of aliphatic hydroxyl groups excluding tert-OH is 2. The Balaban J connectivity index is 2.63. The minimum absolute atomic E-state index is 0.0635. The van der Waals surface area contributed by atoms with Gasteiger partial charge in [-0.25, -0.2) is 0 Å². The molecule has 0 aliphatic rings. The average molecular weight is 354 g/mol. The highest BCUT2D eigenvalue weighted by Gasteiger charge is 2.16. The Morgan fingerprint density at radius 1 is 1.24 bits per heavy atom. The fraction of sp³-hybridized carbons (Fsp3) is 0.684. The maximum atomic E-state index is 10.1. The minimum atomic E-state index is -0.566. The number of methoxy groups -OCH3 is 1. The zero-order chi connectivity index (χ0) is 19.0. The van der Waals surface area contributed by atoms with Crippen molar-refractivity contribution in [2.75, 3.05) is 33.9 Å². The SMILES string of the molecule is COc1cc(CNC(C)(C)CO)ccc1OC[C@H](O)CN(C)C(C)C. The van der Waals surface area contributed by atoms with Gasteiger partial charge in [0.05, 0.1) is 13.7 Å². The van der Waals surface area contributed by atoms with E-state index in [1.807, 2.05) is 39.1 Å². The number of nitrogens with zero attached hydrogens (tertiary/aromatic N) is 1. The van der Waals surface area contributed by atoms with Crippen molar-refractivity contribution in [3.63, 3.8) is 0 Å². The minimum Gasteiger partial charge on any atom is -0.493 e. The monoisotopic (exact) mass is 354 g/mol. The maximum absolute atomic E-state index is 10.1. The third-order valence-corrected chi connectivity index (χ3v) is 4.21. The van der Waals surface area contributed by atoms with Gasteiger partial charge in [0.15, 0.2) is 11.5 Å². The lowest BCUT2D eigenvalue weighted by molar-refractivity contribution is 0.0668. The van der Waals surface area contributed by atoms with Crippen molar-refractivity contribution < 1.29 is 19.7 Å². The second-order valence-corrected chi connectivity index (χ2v) is 7.38. The molecule has 0 spiro atoms. The standard InChI is InChI=1S/C19H34N2O4/c1-14(2)21(5)11-16(23)12-25-17-8-7-15(9-18(17)24-6)10-20-19(3,4)13-22/h7-9,14,16,20,22-23H,10-13H2,1-6H3/t16-/m1/s1. The van der Waals surface area contributed by atoms with Gasteiger partial charge in [-0.15, -0.1) is 0 Å². The number of likely N-dealkylation sites (N-methyl/N-ethyl adjacent to an activating group) is 1. The summed E-state index contributed by atoms with van der Waals surface area (Å²) in [5, 5.41) is 22.7. The highest BCUT2D eigenvalue weighted by Crippen LogP contribution is 2.28. The third kappa shape index (κ3) is 7.61. The Bertz CT molecular complexity index is 520. The zero-order valence-electron chi connectivity index (χ0n) is 16.4. The molecule has 0 saturated carbocycles. The lowest BCUT2D eigenvalue weighted by Gasteiger charge is -2.25. The maximum Gasteiger partial charge on any atom is 0.161 e. The number of hydrogen-bond acceptors (Lipinski definition) is 6. The number of hydrogen-bond donors (Lipinski definition) is 3. The van der Waals surface area contributed by atoms with Crippen LogP contribution in [0.5, 0.6) is 11.5 Å². The fourth-order valence-electron chi connectivity index (χ4n) is 2.12. The lowest BCUT2D eigenvalue weighted by atomic mass is 10.1. The van der Waals surface area contributed by atoms with Gasteiger partial charge in [0.1, 0.15) is 12.7 Å². The summed E-state index contributed by atoms with van der Waals surface area (Å²) in [5.41, 5.74) is 0.695. The van der Waals surface area contributed by atoms with E-state index in [9.17, 15) is 10.2 Å². The molecule has 1 aromatic carbocycles. The van der Waals surface area contributed by atoms with Crippen molar-refractivity contribution in [1.29, 1.82) is 0 Å². The van der Waals surface area contributed by atoms with E-state index in [0.717, 1.165) is 5.56 Å². The van der Waals surface area contributed by atoms with Crippen molar-refractivity contribution in [3.8, 4) is 11.5 Å². The van der Waals surface area contributed by atoms with Crippen LogP contribution >= 0.6 is 0 Å². The molecule has 0 amide bonds. The summed E-state index contributed by atoms with van der Waals surface area (Å²) in [7, 11) is 3.57. The number of nitrogens with one attached hydrogen (secondary N) is 1. The van der Waals surface area contributed by atoms with Crippen LogP contribution in [0, 0.1) is 0 Å². The average Bonchev–Trinajstić information content (AvgIpc) is 2.58. The van der Waals surface area contributed by atoms with E-state index >= 15 is 0 Å². The van der Waals surface area contributed by atoms with E-state index in [1.54, 1.807) is 7.11 Å². The van der Waals surface area contributed by atoms with E-state index in [2.05, 4.69) is 24.1 Å². The molecule has 0 unspecified atom stereocenters. The van der Waals surface area contributed by atoms with Gasteiger partial charge in [-0.3, -0.25) is 0 Å². The van der Waals surface area contributed by atoms with Crippen LogP contribution in [0.15, 0.2) is 18.2 Å². The predicted molar refractivity (Wildman–Crippen MR) is 100 cm³/mol. The number of rotatable bonds is 11. The van der Waals surface area contributed by atoms with Crippen LogP contribution in [-0.2, 0) is 6.54 Å².